The number of rotatable bonds is 7. The van der Waals surface area contributed by atoms with E-state index in [0.717, 1.165) is 13.1 Å². The molecule has 0 heterocycles. The Morgan fingerprint density at radius 1 is 1.07 bits per heavy atom. The highest BCUT2D eigenvalue weighted by Gasteiger charge is 1.92. The minimum atomic E-state index is 1.00. The van der Waals surface area contributed by atoms with Crippen LogP contribution in [0.4, 0.5) is 0 Å². The summed E-state index contributed by atoms with van der Waals surface area (Å²) >= 11 is 2.34. The normalized spacial score (nSPS) is 10.5. The first-order valence-corrected chi connectivity index (χ1v) is 6.86. The third-order valence-electron chi connectivity index (χ3n) is 2.45. The van der Waals surface area contributed by atoms with Crippen LogP contribution in [0.15, 0.2) is 24.3 Å². The summed E-state index contributed by atoms with van der Waals surface area (Å²) in [7, 11) is 0. The van der Waals surface area contributed by atoms with Gasteiger partial charge < -0.3 is 5.32 Å². The summed E-state index contributed by atoms with van der Waals surface area (Å²) in [5.41, 5.74) is 1.38. The molecule has 0 radical (unpaired) electrons. The van der Waals surface area contributed by atoms with E-state index in [2.05, 4.69) is 59.1 Å². The first kappa shape index (κ1) is 13.0. The molecule has 15 heavy (non-hydrogen) atoms. The minimum Gasteiger partial charge on any atom is -0.313 e. The van der Waals surface area contributed by atoms with Crippen molar-refractivity contribution in [2.75, 3.05) is 6.54 Å². The number of hydrogen-bond acceptors (Lipinski definition) is 1. The zero-order chi connectivity index (χ0) is 10.9. The number of unbranched alkanes of at least 4 members (excludes halogenated alkanes) is 3. The predicted octanol–water partition coefficient (Wildman–Crippen LogP) is 3.96. The molecule has 0 saturated carbocycles. The topological polar surface area (TPSA) is 12.0 Å². The summed E-state index contributed by atoms with van der Waals surface area (Å²) in [6, 6.07) is 8.71. The van der Waals surface area contributed by atoms with Crippen molar-refractivity contribution in [1.82, 2.24) is 5.32 Å². The van der Waals surface area contributed by atoms with Crippen LogP contribution in [0.5, 0.6) is 0 Å². The Hall–Kier alpha value is -0.0900. The first-order chi connectivity index (χ1) is 7.33. The number of hydrogen-bond donors (Lipinski definition) is 1. The molecule has 1 rings (SSSR count). The van der Waals surface area contributed by atoms with E-state index in [1.165, 1.54) is 34.8 Å². The molecule has 0 spiro atoms. The molecule has 0 amide bonds. The fourth-order valence-corrected chi connectivity index (χ4v) is 1.87. The third-order valence-corrected chi connectivity index (χ3v) is 3.17. The van der Waals surface area contributed by atoms with Crippen molar-refractivity contribution in [2.45, 2.75) is 39.2 Å². The molecule has 1 nitrogen and oxygen atoms in total. The third kappa shape index (κ3) is 6.15. The highest BCUT2D eigenvalue weighted by atomic mass is 127. The van der Waals surface area contributed by atoms with E-state index < -0.39 is 0 Å². The highest BCUT2D eigenvalue weighted by Crippen LogP contribution is 2.06. The molecule has 0 atom stereocenters. The number of halogens is 1. The lowest BCUT2D eigenvalue weighted by Crippen LogP contribution is -2.14. The lowest BCUT2D eigenvalue weighted by molar-refractivity contribution is 0.598. The van der Waals surface area contributed by atoms with Crippen molar-refractivity contribution in [3.63, 3.8) is 0 Å². The summed E-state index contributed by atoms with van der Waals surface area (Å²) < 4.78 is 1.30. The van der Waals surface area contributed by atoms with Crippen LogP contribution >= 0.6 is 22.6 Å². The van der Waals surface area contributed by atoms with Crippen LogP contribution in [0.2, 0.25) is 0 Å². The Kier molecular flexibility index (Phi) is 7.01. The van der Waals surface area contributed by atoms with Crippen molar-refractivity contribution in [3.05, 3.63) is 33.4 Å². The lowest BCUT2D eigenvalue weighted by atomic mass is 10.2. The predicted molar refractivity (Wildman–Crippen MR) is 75.0 cm³/mol. The average Bonchev–Trinajstić information content (AvgIpc) is 2.26. The standard InChI is InChI=1S/C13H20IN/c1-2-3-4-5-10-15-11-12-6-8-13(14)9-7-12/h6-9,15H,2-5,10-11H2,1H3. The van der Waals surface area contributed by atoms with Gasteiger partial charge in [0.1, 0.15) is 0 Å². The lowest BCUT2D eigenvalue weighted by Gasteiger charge is -2.04. The zero-order valence-corrected chi connectivity index (χ0v) is 11.6. The molecular weight excluding hydrogens is 297 g/mol. The Morgan fingerprint density at radius 3 is 2.47 bits per heavy atom. The van der Waals surface area contributed by atoms with Crippen molar-refractivity contribution >= 4 is 22.6 Å². The van der Waals surface area contributed by atoms with Gasteiger partial charge in [-0.3, -0.25) is 0 Å². The van der Waals surface area contributed by atoms with E-state index in [4.69, 9.17) is 0 Å². The molecule has 2 heteroatoms. The van der Waals surface area contributed by atoms with Crippen LogP contribution in [0.3, 0.4) is 0 Å². The molecule has 1 aromatic rings. The molecule has 1 aromatic carbocycles. The minimum absolute atomic E-state index is 1.00. The number of benzene rings is 1. The smallest absolute Gasteiger partial charge is 0.0205 e. The zero-order valence-electron chi connectivity index (χ0n) is 9.43. The Labute approximate surface area is 107 Å². The molecule has 1 N–H and O–H groups in total. The summed E-state index contributed by atoms with van der Waals surface area (Å²) in [5.74, 6) is 0. The van der Waals surface area contributed by atoms with Crippen molar-refractivity contribution in [3.8, 4) is 0 Å². The van der Waals surface area contributed by atoms with Crippen LogP contribution in [-0.4, -0.2) is 6.54 Å². The van der Waals surface area contributed by atoms with Crippen LogP contribution in [0.1, 0.15) is 38.2 Å². The van der Waals surface area contributed by atoms with Gasteiger partial charge in [-0.1, -0.05) is 38.3 Å². The second kappa shape index (κ2) is 8.11. The van der Waals surface area contributed by atoms with Gasteiger partial charge >= 0.3 is 0 Å². The van der Waals surface area contributed by atoms with E-state index in [1.807, 2.05) is 0 Å². The fourth-order valence-electron chi connectivity index (χ4n) is 1.51. The van der Waals surface area contributed by atoms with E-state index in [1.54, 1.807) is 0 Å². The van der Waals surface area contributed by atoms with Crippen LogP contribution in [0, 0.1) is 3.57 Å². The Bertz CT molecular complexity index is 256. The summed E-state index contributed by atoms with van der Waals surface area (Å²) in [6.45, 7) is 4.40. The maximum atomic E-state index is 3.48. The Morgan fingerprint density at radius 2 is 1.80 bits per heavy atom. The van der Waals surface area contributed by atoms with Crippen molar-refractivity contribution in [1.29, 1.82) is 0 Å². The van der Waals surface area contributed by atoms with Gasteiger partial charge in [0.05, 0.1) is 0 Å². The van der Waals surface area contributed by atoms with E-state index >= 15 is 0 Å². The van der Waals surface area contributed by atoms with Gasteiger partial charge in [-0.2, -0.15) is 0 Å². The van der Waals surface area contributed by atoms with Crippen molar-refractivity contribution in [2.24, 2.45) is 0 Å². The largest absolute Gasteiger partial charge is 0.313 e. The molecule has 0 aliphatic carbocycles. The molecule has 0 aliphatic heterocycles. The van der Waals surface area contributed by atoms with Gasteiger partial charge in [0, 0.05) is 10.1 Å². The second-order valence-corrected chi connectivity index (χ2v) is 5.11. The van der Waals surface area contributed by atoms with Gasteiger partial charge in [0.15, 0.2) is 0 Å². The molecule has 0 aromatic heterocycles. The monoisotopic (exact) mass is 317 g/mol. The molecular formula is C13H20IN. The molecule has 0 aliphatic rings. The van der Waals surface area contributed by atoms with Crippen LogP contribution in [0.25, 0.3) is 0 Å². The fraction of sp³-hybridized carbons (Fsp3) is 0.538. The SMILES string of the molecule is CCCCCCNCc1ccc(I)cc1. The van der Waals surface area contributed by atoms with Gasteiger partial charge in [0.2, 0.25) is 0 Å². The average molecular weight is 317 g/mol. The van der Waals surface area contributed by atoms with Crippen LogP contribution < -0.4 is 5.32 Å². The van der Waals surface area contributed by atoms with Crippen LogP contribution in [-0.2, 0) is 6.54 Å². The second-order valence-electron chi connectivity index (χ2n) is 3.86. The molecule has 0 saturated heterocycles. The molecule has 0 fully saturated rings. The Balaban J connectivity index is 2.07. The van der Waals surface area contributed by atoms with Gasteiger partial charge in [-0.25, -0.2) is 0 Å². The van der Waals surface area contributed by atoms with Gasteiger partial charge in [-0.05, 0) is 53.3 Å². The molecule has 0 bridgehead atoms. The summed E-state index contributed by atoms with van der Waals surface area (Å²) in [4.78, 5) is 0. The first-order valence-electron chi connectivity index (χ1n) is 5.78. The van der Waals surface area contributed by atoms with E-state index in [0.29, 0.717) is 0 Å². The highest BCUT2D eigenvalue weighted by molar-refractivity contribution is 14.1. The molecule has 84 valence electrons. The van der Waals surface area contributed by atoms with Gasteiger partial charge in [0.25, 0.3) is 0 Å². The van der Waals surface area contributed by atoms with Crippen molar-refractivity contribution < 1.29 is 0 Å². The van der Waals surface area contributed by atoms with E-state index in [-0.39, 0.29) is 0 Å². The summed E-state index contributed by atoms with van der Waals surface area (Å²) in [6.07, 6.45) is 5.34. The summed E-state index contributed by atoms with van der Waals surface area (Å²) in [5, 5.41) is 3.48. The molecule has 0 unspecified atom stereocenters. The van der Waals surface area contributed by atoms with E-state index in [9.17, 15) is 0 Å². The maximum Gasteiger partial charge on any atom is 0.0205 e. The maximum absolute atomic E-state index is 3.48. The number of nitrogens with one attached hydrogen (secondary N) is 1. The van der Waals surface area contributed by atoms with Gasteiger partial charge in [-0.15, -0.1) is 0 Å². The quantitative estimate of drug-likeness (QED) is 0.593.